The summed E-state index contributed by atoms with van der Waals surface area (Å²) < 4.78 is 9.85. The van der Waals surface area contributed by atoms with Crippen LogP contribution >= 0.6 is 0 Å². The van der Waals surface area contributed by atoms with E-state index < -0.39 is 48.7 Å². The Morgan fingerprint density at radius 3 is 2.21 bits per heavy atom. The van der Waals surface area contributed by atoms with Gasteiger partial charge in [-0.15, -0.1) is 0 Å². The molecule has 0 aromatic carbocycles. The number of hydrogen-bond acceptors (Lipinski definition) is 7. The predicted molar refractivity (Wildman–Crippen MR) is 57.1 cm³/mol. The maximum atomic E-state index is 10.8. The Labute approximate surface area is 108 Å². The molecule has 6 atom stereocenters. The highest BCUT2D eigenvalue weighted by Gasteiger charge is 2.47. The Morgan fingerprint density at radius 2 is 1.74 bits per heavy atom. The van der Waals surface area contributed by atoms with Crippen LogP contribution in [0.1, 0.15) is 13.3 Å². The summed E-state index contributed by atoms with van der Waals surface area (Å²) in [5.41, 5.74) is 0. The van der Waals surface area contributed by atoms with Crippen LogP contribution in [0.4, 0.5) is 0 Å². The zero-order valence-electron chi connectivity index (χ0n) is 10.0. The number of rotatable bonds is 5. The van der Waals surface area contributed by atoms with Crippen molar-refractivity contribution >= 4 is 11.9 Å². The third-order valence-electron chi connectivity index (χ3n) is 2.64. The zero-order chi connectivity index (χ0) is 14.7. The minimum Gasteiger partial charge on any atom is -0.481 e. The van der Waals surface area contributed by atoms with Gasteiger partial charge in [0.25, 0.3) is 0 Å². The normalized spacial score (nSPS) is 36.7. The fraction of sp³-hybridized carbons (Fsp3) is 0.800. The summed E-state index contributed by atoms with van der Waals surface area (Å²) in [7, 11) is 0. The standard InChI is InChI=1S/C10H16O9/c1-3(2-4(11)12)18-10-7(15)5(13)6(14)8(19-10)9(16)17/h3,5-8,10,13-15H,2H2,1H3,(H,11,12)(H,16,17)/t3?,5-,6-,7?,8?,10+/m0/s1. The highest BCUT2D eigenvalue weighted by Crippen LogP contribution is 2.23. The second kappa shape index (κ2) is 6.26. The zero-order valence-corrected chi connectivity index (χ0v) is 10.0. The molecule has 1 aliphatic rings. The van der Waals surface area contributed by atoms with Crippen LogP contribution in [0.5, 0.6) is 0 Å². The summed E-state index contributed by atoms with van der Waals surface area (Å²) in [4.78, 5) is 21.3. The molecule has 19 heavy (non-hydrogen) atoms. The number of ether oxygens (including phenoxy) is 2. The molecule has 0 amide bonds. The Bertz CT molecular complexity index is 344. The highest BCUT2D eigenvalue weighted by atomic mass is 16.7. The molecule has 1 saturated heterocycles. The SMILES string of the molecule is CC(CC(=O)O)O[C@@H]1OC(C(=O)O)[C@@H](O)[C@H](O)C1O. The first-order valence-electron chi connectivity index (χ1n) is 5.53. The van der Waals surface area contributed by atoms with E-state index >= 15 is 0 Å². The van der Waals surface area contributed by atoms with Crippen molar-refractivity contribution in [1.82, 2.24) is 0 Å². The molecule has 1 aliphatic heterocycles. The lowest BCUT2D eigenvalue weighted by Gasteiger charge is -2.39. The van der Waals surface area contributed by atoms with E-state index in [1.807, 2.05) is 0 Å². The summed E-state index contributed by atoms with van der Waals surface area (Å²) in [6, 6.07) is 0. The molecule has 1 heterocycles. The molecule has 0 radical (unpaired) electrons. The predicted octanol–water partition coefficient (Wildman–Crippen LogP) is -2.24. The van der Waals surface area contributed by atoms with Crippen molar-refractivity contribution in [2.24, 2.45) is 0 Å². The maximum Gasteiger partial charge on any atom is 0.335 e. The monoisotopic (exact) mass is 280 g/mol. The van der Waals surface area contributed by atoms with E-state index in [0.717, 1.165) is 0 Å². The van der Waals surface area contributed by atoms with Crippen molar-refractivity contribution in [1.29, 1.82) is 0 Å². The van der Waals surface area contributed by atoms with Crippen molar-refractivity contribution in [3.8, 4) is 0 Å². The lowest BCUT2D eigenvalue weighted by Crippen LogP contribution is -2.60. The molecule has 1 fully saturated rings. The quantitative estimate of drug-likeness (QED) is 0.376. The first-order chi connectivity index (χ1) is 8.73. The van der Waals surface area contributed by atoms with Crippen molar-refractivity contribution in [2.75, 3.05) is 0 Å². The van der Waals surface area contributed by atoms with E-state index in [2.05, 4.69) is 0 Å². The van der Waals surface area contributed by atoms with Gasteiger partial charge in [0, 0.05) is 0 Å². The van der Waals surface area contributed by atoms with Gasteiger partial charge in [-0.2, -0.15) is 0 Å². The largest absolute Gasteiger partial charge is 0.481 e. The first-order valence-corrected chi connectivity index (χ1v) is 5.53. The van der Waals surface area contributed by atoms with Gasteiger partial charge in [-0.25, -0.2) is 4.79 Å². The molecular formula is C10H16O9. The minimum absolute atomic E-state index is 0.386. The van der Waals surface area contributed by atoms with Crippen LogP contribution in [0.15, 0.2) is 0 Å². The topological polar surface area (TPSA) is 154 Å². The van der Waals surface area contributed by atoms with Crippen LogP contribution in [0.2, 0.25) is 0 Å². The number of aliphatic hydroxyl groups excluding tert-OH is 3. The highest BCUT2D eigenvalue weighted by molar-refractivity contribution is 5.73. The number of carboxylic acid groups (broad SMARTS) is 2. The van der Waals surface area contributed by atoms with Gasteiger partial charge < -0.3 is 35.0 Å². The average molecular weight is 280 g/mol. The van der Waals surface area contributed by atoms with Crippen LogP contribution in [-0.2, 0) is 19.1 Å². The number of hydrogen-bond donors (Lipinski definition) is 5. The molecule has 9 nitrogen and oxygen atoms in total. The van der Waals surface area contributed by atoms with Crippen molar-refractivity contribution in [3.63, 3.8) is 0 Å². The minimum atomic E-state index is -1.80. The van der Waals surface area contributed by atoms with Gasteiger partial charge in [-0.1, -0.05) is 0 Å². The van der Waals surface area contributed by atoms with E-state index in [9.17, 15) is 24.9 Å². The molecule has 110 valence electrons. The molecule has 3 unspecified atom stereocenters. The lowest BCUT2D eigenvalue weighted by molar-refractivity contribution is -0.303. The number of aliphatic carboxylic acids is 2. The second-order valence-electron chi connectivity index (χ2n) is 4.28. The molecule has 1 rings (SSSR count). The van der Waals surface area contributed by atoms with E-state index in [0.29, 0.717) is 0 Å². The van der Waals surface area contributed by atoms with Gasteiger partial charge in [0.05, 0.1) is 12.5 Å². The Kier molecular flexibility index (Phi) is 5.20. The van der Waals surface area contributed by atoms with E-state index in [-0.39, 0.29) is 6.42 Å². The molecule has 5 N–H and O–H groups in total. The summed E-state index contributed by atoms with van der Waals surface area (Å²) in [5, 5.41) is 45.8. The Balaban J connectivity index is 2.71. The maximum absolute atomic E-state index is 10.8. The van der Waals surface area contributed by atoms with Crippen molar-refractivity contribution < 1.29 is 44.6 Å². The van der Waals surface area contributed by atoms with Crippen LogP contribution in [0.3, 0.4) is 0 Å². The molecular weight excluding hydrogens is 264 g/mol. The van der Waals surface area contributed by atoms with Gasteiger partial charge in [-0.05, 0) is 6.92 Å². The van der Waals surface area contributed by atoms with E-state index in [4.69, 9.17) is 19.7 Å². The van der Waals surface area contributed by atoms with E-state index in [1.54, 1.807) is 0 Å². The molecule has 0 bridgehead atoms. The fourth-order valence-electron chi connectivity index (χ4n) is 1.69. The van der Waals surface area contributed by atoms with Crippen LogP contribution < -0.4 is 0 Å². The average Bonchev–Trinajstić information content (AvgIpc) is 2.28. The van der Waals surface area contributed by atoms with Gasteiger partial charge in [-0.3, -0.25) is 4.79 Å². The van der Waals surface area contributed by atoms with Gasteiger partial charge >= 0.3 is 11.9 Å². The number of carbonyl (C=O) groups is 2. The van der Waals surface area contributed by atoms with Gasteiger partial charge in [0.1, 0.15) is 18.3 Å². The van der Waals surface area contributed by atoms with Crippen LogP contribution in [0, 0.1) is 0 Å². The summed E-state index contributed by atoms with van der Waals surface area (Å²) >= 11 is 0. The summed E-state index contributed by atoms with van der Waals surface area (Å²) in [5.74, 6) is -2.67. The molecule has 0 aromatic rings. The molecule has 9 heteroatoms. The number of carboxylic acids is 2. The first kappa shape index (κ1) is 15.8. The molecule has 0 saturated carbocycles. The van der Waals surface area contributed by atoms with Crippen LogP contribution in [-0.4, -0.2) is 74.3 Å². The van der Waals surface area contributed by atoms with Gasteiger partial charge in [0.2, 0.25) is 0 Å². The van der Waals surface area contributed by atoms with Crippen LogP contribution in [0.25, 0.3) is 0 Å². The molecule has 0 aromatic heterocycles. The Morgan fingerprint density at radius 1 is 1.16 bits per heavy atom. The van der Waals surface area contributed by atoms with Gasteiger partial charge in [0.15, 0.2) is 12.4 Å². The summed E-state index contributed by atoms with van der Waals surface area (Å²) in [6.45, 7) is 1.39. The smallest absolute Gasteiger partial charge is 0.335 e. The van der Waals surface area contributed by atoms with Crippen molar-refractivity contribution in [3.05, 3.63) is 0 Å². The third kappa shape index (κ3) is 3.85. The lowest BCUT2D eigenvalue weighted by atomic mass is 9.99. The van der Waals surface area contributed by atoms with Crippen molar-refractivity contribution in [2.45, 2.75) is 50.2 Å². The second-order valence-corrected chi connectivity index (χ2v) is 4.28. The van der Waals surface area contributed by atoms with E-state index in [1.165, 1.54) is 6.92 Å². The molecule has 0 aliphatic carbocycles. The fourth-order valence-corrected chi connectivity index (χ4v) is 1.69. The Hall–Kier alpha value is -1.26. The molecule has 0 spiro atoms. The third-order valence-corrected chi connectivity index (χ3v) is 2.64. The summed E-state index contributed by atoms with van der Waals surface area (Å²) in [6.07, 6.45) is -9.80. The number of aliphatic hydroxyl groups is 3.